The van der Waals surface area contributed by atoms with Gasteiger partial charge in [-0.05, 0) is 48.6 Å². The maximum atomic E-state index is 11.7. The molecule has 0 saturated heterocycles. The quantitative estimate of drug-likeness (QED) is 0.714. The van der Waals surface area contributed by atoms with Crippen LogP contribution in [0.2, 0.25) is 0 Å². The molecular formula is C17H16N4O2S. The van der Waals surface area contributed by atoms with Crippen molar-refractivity contribution in [2.45, 2.75) is 19.4 Å². The second-order valence-corrected chi connectivity index (χ2v) is 6.63. The molecule has 1 saturated carbocycles. The first-order valence-electron chi connectivity index (χ1n) is 7.79. The first-order chi connectivity index (χ1) is 11.8. The highest BCUT2D eigenvalue weighted by Crippen LogP contribution is 2.30. The van der Waals surface area contributed by atoms with Gasteiger partial charge in [-0.2, -0.15) is 4.98 Å². The van der Waals surface area contributed by atoms with Crippen molar-refractivity contribution in [1.29, 1.82) is 0 Å². The third-order valence-corrected chi connectivity index (χ3v) is 4.62. The van der Waals surface area contributed by atoms with Crippen LogP contribution in [0.1, 0.15) is 18.7 Å². The van der Waals surface area contributed by atoms with Crippen molar-refractivity contribution in [3.63, 3.8) is 0 Å². The van der Waals surface area contributed by atoms with Gasteiger partial charge in [-0.1, -0.05) is 11.2 Å². The smallest absolute Gasteiger partial charge is 0.246 e. The average Bonchev–Trinajstić information content (AvgIpc) is 3.11. The lowest BCUT2D eigenvalue weighted by Crippen LogP contribution is -2.13. The van der Waals surface area contributed by atoms with Crippen LogP contribution in [0.3, 0.4) is 0 Å². The molecule has 1 fully saturated rings. The highest BCUT2D eigenvalue weighted by molar-refractivity contribution is 7.13. The number of nitrogens with one attached hydrogen (secondary N) is 2. The van der Waals surface area contributed by atoms with Crippen LogP contribution in [-0.4, -0.2) is 16.0 Å². The van der Waals surface area contributed by atoms with Crippen LogP contribution in [0.15, 0.2) is 46.3 Å². The van der Waals surface area contributed by atoms with E-state index < -0.39 is 0 Å². The molecule has 0 unspecified atom stereocenters. The fourth-order valence-electron chi connectivity index (χ4n) is 2.27. The van der Waals surface area contributed by atoms with E-state index in [9.17, 15) is 4.79 Å². The normalized spacial score (nSPS) is 13.7. The van der Waals surface area contributed by atoms with Crippen LogP contribution < -0.4 is 10.6 Å². The van der Waals surface area contributed by atoms with Crippen LogP contribution >= 0.6 is 11.3 Å². The Morgan fingerprint density at radius 1 is 1.21 bits per heavy atom. The molecule has 0 bridgehead atoms. The second-order valence-electron chi connectivity index (χ2n) is 5.68. The topological polar surface area (TPSA) is 80.0 Å². The van der Waals surface area contributed by atoms with Gasteiger partial charge in [0, 0.05) is 17.3 Å². The van der Waals surface area contributed by atoms with E-state index >= 15 is 0 Å². The Balaban J connectivity index is 1.33. The molecule has 6 nitrogen and oxygen atoms in total. The van der Waals surface area contributed by atoms with Gasteiger partial charge in [0.25, 0.3) is 0 Å². The first-order valence-corrected chi connectivity index (χ1v) is 8.67. The molecule has 1 aromatic carbocycles. The Morgan fingerprint density at radius 2 is 2.00 bits per heavy atom. The molecule has 0 radical (unpaired) electrons. The number of hydrogen-bond acceptors (Lipinski definition) is 6. The average molecular weight is 340 g/mol. The number of carbonyl (C=O) groups excluding carboxylic acids is 1. The molecular weight excluding hydrogens is 324 g/mol. The van der Waals surface area contributed by atoms with Gasteiger partial charge in [0.2, 0.25) is 17.6 Å². The SMILES string of the molecule is O=C(Nc1ccc(NCc2nc(-c3cccs3)no2)cc1)C1CC1. The van der Waals surface area contributed by atoms with Crippen LogP contribution in [0.4, 0.5) is 11.4 Å². The predicted octanol–water partition coefficient (Wildman–Crippen LogP) is 3.76. The van der Waals surface area contributed by atoms with Crippen molar-refractivity contribution in [1.82, 2.24) is 10.1 Å². The van der Waals surface area contributed by atoms with Gasteiger partial charge < -0.3 is 15.2 Å². The summed E-state index contributed by atoms with van der Waals surface area (Å²) in [6, 6.07) is 11.5. The van der Waals surface area contributed by atoms with Crippen LogP contribution in [0, 0.1) is 5.92 Å². The van der Waals surface area contributed by atoms with Gasteiger partial charge in [-0.3, -0.25) is 4.79 Å². The molecule has 0 aliphatic heterocycles. The molecule has 2 heterocycles. The first kappa shape index (κ1) is 14.9. The van der Waals surface area contributed by atoms with E-state index in [1.807, 2.05) is 41.8 Å². The Kier molecular flexibility index (Phi) is 4.00. The number of thiophene rings is 1. The van der Waals surface area contributed by atoms with Crippen LogP contribution in [0.5, 0.6) is 0 Å². The Labute approximate surface area is 142 Å². The summed E-state index contributed by atoms with van der Waals surface area (Å²) >= 11 is 1.58. The molecule has 122 valence electrons. The predicted molar refractivity (Wildman–Crippen MR) is 92.7 cm³/mol. The summed E-state index contributed by atoms with van der Waals surface area (Å²) in [5.41, 5.74) is 1.74. The summed E-state index contributed by atoms with van der Waals surface area (Å²) in [6.45, 7) is 0.451. The summed E-state index contributed by atoms with van der Waals surface area (Å²) in [5, 5.41) is 12.1. The molecule has 0 atom stereocenters. The summed E-state index contributed by atoms with van der Waals surface area (Å²) < 4.78 is 5.25. The van der Waals surface area contributed by atoms with Crippen LogP contribution in [0.25, 0.3) is 10.7 Å². The lowest BCUT2D eigenvalue weighted by atomic mass is 10.2. The number of hydrogen-bond donors (Lipinski definition) is 2. The highest BCUT2D eigenvalue weighted by atomic mass is 32.1. The van der Waals surface area contributed by atoms with Gasteiger partial charge in [0.05, 0.1) is 11.4 Å². The summed E-state index contributed by atoms with van der Waals surface area (Å²) in [7, 11) is 0. The number of benzene rings is 1. The van der Waals surface area contributed by atoms with Gasteiger partial charge in [-0.15, -0.1) is 11.3 Å². The second kappa shape index (κ2) is 6.45. The van der Waals surface area contributed by atoms with Gasteiger partial charge in [0.1, 0.15) is 0 Å². The maximum Gasteiger partial charge on any atom is 0.246 e. The largest absolute Gasteiger partial charge is 0.376 e. The molecule has 2 aromatic heterocycles. The zero-order valence-electron chi connectivity index (χ0n) is 12.9. The summed E-state index contributed by atoms with van der Waals surface area (Å²) in [6.07, 6.45) is 2.01. The monoisotopic (exact) mass is 340 g/mol. The molecule has 0 spiro atoms. The van der Waals surface area contributed by atoms with E-state index in [1.54, 1.807) is 11.3 Å². The number of carbonyl (C=O) groups is 1. The standard InChI is InChI=1S/C17H16N4O2S/c22-17(11-3-4-11)19-13-7-5-12(6-8-13)18-10-15-20-16(21-23-15)14-2-1-9-24-14/h1-2,5-9,11,18H,3-4,10H2,(H,19,22). The summed E-state index contributed by atoms with van der Waals surface area (Å²) in [4.78, 5) is 17.1. The van der Waals surface area contributed by atoms with E-state index in [0.717, 1.165) is 29.1 Å². The van der Waals surface area contributed by atoms with Crippen LogP contribution in [-0.2, 0) is 11.3 Å². The van der Waals surface area contributed by atoms with E-state index in [4.69, 9.17) is 4.52 Å². The highest BCUT2D eigenvalue weighted by Gasteiger charge is 2.29. The summed E-state index contributed by atoms with van der Waals surface area (Å²) in [5.74, 6) is 1.46. The molecule has 3 aromatic rings. The minimum absolute atomic E-state index is 0.114. The number of amides is 1. The van der Waals surface area contributed by atoms with E-state index in [1.165, 1.54) is 0 Å². The fraction of sp³-hybridized carbons (Fsp3) is 0.235. The minimum Gasteiger partial charge on any atom is -0.376 e. The van der Waals surface area contributed by atoms with Crippen molar-refractivity contribution in [3.05, 3.63) is 47.7 Å². The number of nitrogens with zero attached hydrogens (tertiary/aromatic N) is 2. The molecule has 1 amide bonds. The van der Waals surface area contributed by atoms with Gasteiger partial charge in [0.15, 0.2) is 0 Å². The van der Waals surface area contributed by atoms with E-state index in [2.05, 4.69) is 20.8 Å². The number of rotatable bonds is 6. The van der Waals surface area contributed by atoms with Gasteiger partial charge >= 0.3 is 0 Å². The Morgan fingerprint density at radius 3 is 2.71 bits per heavy atom. The maximum absolute atomic E-state index is 11.7. The zero-order chi connectivity index (χ0) is 16.4. The van der Waals surface area contributed by atoms with E-state index in [-0.39, 0.29) is 11.8 Å². The van der Waals surface area contributed by atoms with Crippen molar-refractivity contribution in [3.8, 4) is 10.7 Å². The lowest BCUT2D eigenvalue weighted by molar-refractivity contribution is -0.117. The minimum atomic E-state index is 0.114. The Bertz CT molecular complexity index is 823. The number of aromatic nitrogens is 2. The lowest BCUT2D eigenvalue weighted by Gasteiger charge is -2.06. The Hall–Kier alpha value is -2.67. The fourth-order valence-corrected chi connectivity index (χ4v) is 2.92. The van der Waals surface area contributed by atoms with Gasteiger partial charge in [-0.25, -0.2) is 0 Å². The zero-order valence-corrected chi connectivity index (χ0v) is 13.7. The van der Waals surface area contributed by atoms with Crippen molar-refractivity contribution < 1.29 is 9.32 Å². The molecule has 7 heteroatoms. The third kappa shape index (κ3) is 3.46. The molecule has 1 aliphatic carbocycles. The molecule has 4 rings (SSSR count). The molecule has 2 N–H and O–H groups in total. The molecule has 1 aliphatic rings. The van der Waals surface area contributed by atoms with Crippen molar-refractivity contribution in [2.75, 3.05) is 10.6 Å². The van der Waals surface area contributed by atoms with Crippen molar-refractivity contribution in [2.24, 2.45) is 5.92 Å². The van der Waals surface area contributed by atoms with E-state index in [0.29, 0.717) is 18.3 Å². The number of anilines is 2. The third-order valence-electron chi connectivity index (χ3n) is 3.75. The van der Waals surface area contributed by atoms with Crippen molar-refractivity contribution >= 4 is 28.6 Å². The molecule has 24 heavy (non-hydrogen) atoms.